The molecule has 174 valence electrons. The lowest BCUT2D eigenvalue weighted by Gasteiger charge is -2.29. The smallest absolute Gasteiger partial charge is 0.406 e. The van der Waals surface area contributed by atoms with Crippen molar-refractivity contribution in [3.8, 4) is 5.75 Å². The van der Waals surface area contributed by atoms with Crippen LogP contribution in [-0.2, 0) is 21.0 Å². The van der Waals surface area contributed by atoms with Crippen molar-refractivity contribution < 1.29 is 32.3 Å². The number of hydrogen-bond acceptors (Lipinski definition) is 5. The van der Waals surface area contributed by atoms with Crippen LogP contribution in [0.15, 0.2) is 84.9 Å². The van der Waals surface area contributed by atoms with Crippen molar-refractivity contribution in [2.75, 3.05) is 5.06 Å². The first kappa shape index (κ1) is 22.0. The van der Waals surface area contributed by atoms with Gasteiger partial charge in [0.2, 0.25) is 5.91 Å². The van der Waals surface area contributed by atoms with Crippen LogP contribution in [0.1, 0.15) is 17.2 Å². The van der Waals surface area contributed by atoms with Gasteiger partial charge in [0, 0.05) is 0 Å². The molecule has 0 unspecified atom stereocenters. The van der Waals surface area contributed by atoms with E-state index in [0.29, 0.717) is 11.3 Å². The minimum absolute atomic E-state index is 0.116. The molecule has 2 amide bonds. The number of alkyl halides is 3. The molecule has 34 heavy (non-hydrogen) atoms. The third-order valence-electron chi connectivity index (χ3n) is 5.86. The predicted octanol–water partition coefficient (Wildman–Crippen LogP) is 4.63. The van der Waals surface area contributed by atoms with E-state index in [9.17, 15) is 22.8 Å². The topological polar surface area (TPSA) is 59.1 Å². The second-order valence-corrected chi connectivity index (χ2v) is 8.02. The number of rotatable bonds is 5. The van der Waals surface area contributed by atoms with Crippen molar-refractivity contribution in [3.63, 3.8) is 0 Å². The first-order chi connectivity index (χ1) is 16.3. The molecule has 0 bridgehead atoms. The van der Waals surface area contributed by atoms with E-state index in [1.54, 1.807) is 24.3 Å². The van der Waals surface area contributed by atoms with Gasteiger partial charge in [0.05, 0.1) is 18.3 Å². The van der Waals surface area contributed by atoms with E-state index in [-0.39, 0.29) is 12.3 Å². The van der Waals surface area contributed by atoms with Gasteiger partial charge in [-0.15, -0.1) is 13.2 Å². The molecule has 9 heteroatoms. The molecule has 2 aliphatic heterocycles. The summed E-state index contributed by atoms with van der Waals surface area (Å²) < 4.78 is 41.7. The Morgan fingerprint density at radius 1 is 0.824 bits per heavy atom. The average Bonchev–Trinajstić information content (AvgIpc) is 3.32. The maximum Gasteiger partial charge on any atom is 0.573 e. The molecule has 0 N–H and O–H groups in total. The number of anilines is 1. The molecule has 2 fully saturated rings. The van der Waals surface area contributed by atoms with Crippen LogP contribution >= 0.6 is 0 Å². The molecule has 2 aliphatic rings. The number of amides is 2. The van der Waals surface area contributed by atoms with Crippen molar-refractivity contribution in [2.24, 2.45) is 5.92 Å². The maximum absolute atomic E-state index is 13.4. The van der Waals surface area contributed by atoms with Crippen LogP contribution in [0.25, 0.3) is 0 Å². The Balaban J connectivity index is 1.49. The fourth-order valence-corrected chi connectivity index (χ4v) is 4.40. The Morgan fingerprint density at radius 2 is 1.44 bits per heavy atom. The molecule has 0 saturated carbocycles. The van der Waals surface area contributed by atoms with E-state index in [0.717, 1.165) is 5.56 Å². The highest BCUT2D eigenvalue weighted by atomic mass is 19.4. The number of fused-ring (bicyclic) bond motifs is 1. The molecule has 5 rings (SSSR count). The minimum Gasteiger partial charge on any atom is -0.406 e. The van der Waals surface area contributed by atoms with Crippen molar-refractivity contribution in [1.29, 1.82) is 0 Å². The number of carbonyl (C=O) groups is 2. The number of imide groups is 1. The number of nitrogens with zero attached hydrogens (tertiary/aromatic N) is 2. The monoisotopic (exact) mass is 468 g/mol. The number of ether oxygens (including phenoxy) is 1. The summed E-state index contributed by atoms with van der Waals surface area (Å²) >= 11 is 0. The number of hydroxylamine groups is 1. The number of hydrogen-bond donors (Lipinski definition) is 0. The molecule has 0 spiro atoms. The van der Waals surface area contributed by atoms with Crippen molar-refractivity contribution in [2.45, 2.75) is 25.1 Å². The van der Waals surface area contributed by atoms with Crippen molar-refractivity contribution in [1.82, 2.24) is 4.90 Å². The van der Waals surface area contributed by atoms with E-state index in [2.05, 4.69) is 4.74 Å². The highest BCUT2D eigenvalue weighted by Crippen LogP contribution is 2.47. The zero-order valence-corrected chi connectivity index (χ0v) is 17.7. The SMILES string of the molecule is O=C1[C@@H]2[C@@H](c3ccc(OC(F)(F)F)cc3)N(c3ccccc3)O[C@H]2C(=O)N1Cc1ccccc1. The van der Waals surface area contributed by atoms with E-state index >= 15 is 0 Å². The van der Waals surface area contributed by atoms with Crippen LogP contribution < -0.4 is 9.80 Å². The molecule has 0 radical (unpaired) electrons. The molecule has 0 aliphatic carbocycles. The van der Waals surface area contributed by atoms with Crippen LogP contribution in [0.5, 0.6) is 5.75 Å². The first-order valence-electron chi connectivity index (χ1n) is 10.6. The number of carbonyl (C=O) groups excluding carboxylic acids is 2. The highest BCUT2D eigenvalue weighted by molar-refractivity contribution is 6.07. The average molecular weight is 468 g/mol. The van der Waals surface area contributed by atoms with Gasteiger partial charge in [-0.3, -0.25) is 19.3 Å². The van der Waals surface area contributed by atoms with Gasteiger partial charge in [-0.25, -0.2) is 5.06 Å². The second-order valence-electron chi connectivity index (χ2n) is 8.02. The van der Waals surface area contributed by atoms with E-state index in [1.165, 1.54) is 34.2 Å². The minimum atomic E-state index is -4.81. The van der Waals surface area contributed by atoms with Gasteiger partial charge in [-0.05, 0) is 35.4 Å². The van der Waals surface area contributed by atoms with Gasteiger partial charge < -0.3 is 4.74 Å². The number of halogens is 3. The van der Waals surface area contributed by atoms with Gasteiger partial charge >= 0.3 is 6.36 Å². The number of para-hydroxylation sites is 1. The van der Waals surface area contributed by atoms with Gasteiger partial charge in [0.25, 0.3) is 5.91 Å². The Hall–Kier alpha value is -3.85. The molecule has 0 aromatic heterocycles. The van der Waals surface area contributed by atoms with E-state index in [4.69, 9.17) is 4.84 Å². The van der Waals surface area contributed by atoms with Gasteiger partial charge in [-0.2, -0.15) is 0 Å². The molecule has 2 heterocycles. The zero-order valence-electron chi connectivity index (χ0n) is 17.7. The fraction of sp³-hybridized carbons (Fsp3) is 0.200. The van der Waals surface area contributed by atoms with Gasteiger partial charge in [-0.1, -0.05) is 60.7 Å². The maximum atomic E-state index is 13.4. The summed E-state index contributed by atoms with van der Waals surface area (Å²) in [6, 6.07) is 22.6. The Kier molecular flexibility index (Phi) is 5.49. The predicted molar refractivity (Wildman–Crippen MR) is 115 cm³/mol. The molecule has 3 aromatic rings. The number of likely N-dealkylation sites (tertiary alicyclic amines) is 1. The summed E-state index contributed by atoms with van der Waals surface area (Å²) in [6.07, 6.45) is -5.85. The Bertz CT molecular complexity index is 1190. The lowest BCUT2D eigenvalue weighted by molar-refractivity contribution is -0.274. The van der Waals surface area contributed by atoms with E-state index in [1.807, 2.05) is 36.4 Å². The molecule has 2 saturated heterocycles. The largest absolute Gasteiger partial charge is 0.573 e. The lowest BCUT2D eigenvalue weighted by atomic mass is 9.90. The highest BCUT2D eigenvalue weighted by Gasteiger charge is 2.59. The fourth-order valence-electron chi connectivity index (χ4n) is 4.40. The summed E-state index contributed by atoms with van der Waals surface area (Å²) in [5, 5.41) is 1.49. The first-order valence-corrected chi connectivity index (χ1v) is 10.6. The zero-order chi connectivity index (χ0) is 23.9. The normalized spacial score (nSPS) is 22.3. The molecular weight excluding hydrogens is 449 g/mol. The van der Waals surface area contributed by atoms with Crippen LogP contribution in [0.2, 0.25) is 0 Å². The lowest BCUT2D eigenvalue weighted by Crippen LogP contribution is -2.36. The summed E-state index contributed by atoms with van der Waals surface area (Å²) in [5.74, 6) is -2.07. The number of benzene rings is 3. The van der Waals surface area contributed by atoms with E-state index < -0.39 is 36.2 Å². The van der Waals surface area contributed by atoms with Crippen molar-refractivity contribution >= 4 is 17.5 Å². The quantitative estimate of drug-likeness (QED) is 0.511. The van der Waals surface area contributed by atoms with Gasteiger partial charge in [0.1, 0.15) is 11.7 Å². The van der Waals surface area contributed by atoms with Gasteiger partial charge in [0.15, 0.2) is 6.10 Å². The van der Waals surface area contributed by atoms with Crippen molar-refractivity contribution in [3.05, 3.63) is 96.1 Å². The van der Waals surface area contributed by atoms with Crippen LogP contribution in [0, 0.1) is 5.92 Å². The summed E-state index contributed by atoms with van der Waals surface area (Å²) in [5.41, 5.74) is 1.94. The standard InChI is InChI=1S/C25H19F3N2O4/c26-25(27,28)33-19-13-11-17(12-14-19)21-20-22(34-30(21)18-9-5-2-6-10-18)24(32)29(23(20)31)15-16-7-3-1-4-8-16/h1-14,20-22H,15H2/t20-,21-,22-/m1/s1. The third kappa shape index (κ3) is 4.10. The summed E-state index contributed by atoms with van der Waals surface area (Å²) in [6.45, 7) is 0.116. The Labute approximate surface area is 193 Å². The third-order valence-corrected chi connectivity index (χ3v) is 5.86. The summed E-state index contributed by atoms with van der Waals surface area (Å²) in [7, 11) is 0. The van der Waals surface area contributed by atoms with Crippen LogP contribution in [0.4, 0.5) is 18.9 Å². The second kappa shape index (κ2) is 8.49. The molecule has 3 aromatic carbocycles. The Morgan fingerprint density at radius 3 is 2.06 bits per heavy atom. The van der Waals surface area contributed by atoms with Crippen LogP contribution in [0.3, 0.4) is 0 Å². The summed E-state index contributed by atoms with van der Waals surface area (Å²) in [4.78, 5) is 33.8. The molecular formula is C25H19F3N2O4. The molecule has 3 atom stereocenters. The molecule has 6 nitrogen and oxygen atoms in total. The van der Waals surface area contributed by atoms with Crippen LogP contribution in [-0.4, -0.2) is 29.2 Å².